The zero-order chi connectivity index (χ0) is 4.57. The second-order valence-electron chi connectivity index (χ2n) is 1.18. The Bertz CT molecular complexity index is 54.8. The Morgan fingerprint density at radius 3 is 2.17 bits per heavy atom. The van der Waals surface area contributed by atoms with Crippen molar-refractivity contribution in [2.24, 2.45) is 0 Å². The van der Waals surface area contributed by atoms with E-state index < -0.39 is 0 Å². The summed E-state index contributed by atoms with van der Waals surface area (Å²) >= 11 is 10.6. The lowest BCUT2D eigenvalue weighted by Gasteiger charge is -1.68. The molecular formula is C3H4Cl2O. The molecule has 1 heterocycles. The van der Waals surface area contributed by atoms with E-state index in [1.165, 1.54) is 0 Å². The summed E-state index contributed by atoms with van der Waals surface area (Å²) < 4.78 is 4.70. The van der Waals surface area contributed by atoms with Gasteiger partial charge < -0.3 is 4.74 Å². The molecule has 0 radical (unpaired) electrons. The minimum absolute atomic E-state index is 0.0949. The molecule has 1 nitrogen and oxygen atoms in total. The Labute approximate surface area is 46.2 Å². The Kier molecular flexibility index (Phi) is 1.22. The van der Waals surface area contributed by atoms with Crippen molar-refractivity contribution in [3.63, 3.8) is 0 Å². The van der Waals surface area contributed by atoms with Gasteiger partial charge in [0.2, 0.25) is 0 Å². The van der Waals surface area contributed by atoms with E-state index in [0.29, 0.717) is 5.88 Å². The van der Waals surface area contributed by atoms with Crippen LogP contribution in [-0.2, 0) is 4.74 Å². The number of hydrogen-bond donors (Lipinski definition) is 0. The van der Waals surface area contributed by atoms with Gasteiger partial charge in [-0.15, -0.1) is 11.6 Å². The molecule has 0 aliphatic carbocycles. The number of hydrogen-bond acceptors (Lipinski definition) is 1. The van der Waals surface area contributed by atoms with Gasteiger partial charge in [0.05, 0.1) is 5.88 Å². The van der Waals surface area contributed by atoms with Crippen LogP contribution >= 0.6 is 23.2 Å². The standard InChI is InChI=1S/C3H4Cl2O/c4-1-2-3(5)6-2/h2-3H,1H2/t2-,3+/m1/s1. The average molecular weight is 127 g/mol. The fraction of sp³-hybridized carbons (Fsp3) is 1.00. The highest BCUT2D eigenvalue weighted by Crippen LogP contribution is 2.25. The molecule has 1 aliphatic rings. The van der Waals surface area contributed by atoms with Crippen LogP contribution in [0.3, 0.4) is 0 Å². The Morgan fingerprint density at radius 2 is 2.17 bits per heavy atom. The van der Waals surface area contributed by atoms with Crippen LogP contribution in [0.25, 0.3) is 0 Å². The van der Waals surface area contributed by atoms with E-state index >= 15 is 0 Å². The summed E-state index contributed by atoms with van der Waals surface area (Å²) in [7, 11) is 0. The van der Waals surface area contributed by atoms with E-state index in [2.05, 4.69) is 0 Å². The van der Waals surface area contributed by atoms with Gasteiger partial charge in [-0.2, -0.15) is 0 Å². The number of rotatable bonds is 1. The van der Waals surface area contributed by atoms with Crippen molar-refractivity contribution in [3.05, 3.63) is 0 Å². The second kappa shape index (κ2) is 1.57. The van der Waals surface area contributed by atoms with Crippen LogP contribution in [0.1, 0.15) is 0 Å². The molecule has 0 amide bonds. The molecule has 0 N–H and O–H groups in total. The van der Waals surface area contributed by atoms with Crippen LogP contribution in [0.4, 0.5) is 0 Å². The summed E-state index contributed by atoms with van der Waals surface area (Å²) in [6.07, 6.45) is 0.133. The summed E-state index contributed by atoms with van der Waals surface area (Å²) in [6, 6.07) is 0. The zero-order valence-electron chi connectivity index (χ0n) is 3.03. The third-order valence-corrected chi connectivity index (χ3v) is 1.36. The third kappa shape index (κ3) is 0.780. The lowest BCUT2D eigenvalue weighted by molar-refractivity contribution is 0.413. The molecule has 1 rings (SSSR count). The van der Waals surface area contributed by atoms with Gasteiger partial charge in [0, 0.05) is 0 Å². The lowest BCUT2D eigenvalue weighted by Crippen LogP contribution is -1.85. The highest BCUT2D eigenvalue weighted by Gasteiger charge is 2.35. The third-order valence-electron chi connectivity index (χ3n) is 0.673. The summed E-state index contributed by atoms with van der Waals surface area (Å²) in [5.41, 5.74) is -0.0949. The fourth-order valence-electron chi connectivity index (χ4n) is 0.228. The Hall–Kier alpha value is 0.540. The van der Waals surface area contributed by atoms with Crippen molar-refractivity contribution >= 4 is 23.2 Å². The maximum absolute atomic E-state index is 5.35. The van der Waals surface area contributed by atoms with Crippen molar-refractivity contribution in [1.29, 1.82) is 0 Å². The molecule has 2 atom stereocenters. The molecule has 0 aromatic rings. The van der Waals surface area contributed by atoms with Gasteiger partial charge in [-0.25, -0.2) is 0 Å². The van der Waals surface area contributed by atoms with E-state index in [1.807, 2.05) is 0 Å². The minimum atomic E-state index is -0.0949. The van der Waals surface area contributed by atoms with Gasteiger partial charge in [-0.3, -0.25) is 0 Å². The molecule has 1 aliphatic heterocycles. The van der Waals surface area contributed by atoms with Crippen LogP contribution < -0.4 is 0 Å². The van der Waals surface area contributed by atoms with Crippen LogP contribution in [0, 0.1) is 0 Å². The topological polar surface area (TPSA) is 12.5 Å². The van der Waals surface area contributed by atoms with Gasteiger partial charge in [0.1, 0.15) is 6.10 Å². The van der Waals surface area contributed by atoms with Crippen LogP contribution in [0.5, 0.6) is 0 Å². The first kappa shape index (κ1) is 4.69. The molecule has 0 unspecified atom stereocenters. The largest absolute Gasteiger partial charge is 0.351 e. The second-order valence-corrected chi connectivity index (χ2v) is 1.92. The zero-order valence-corrected chi connectivity index (χ0v) is 4.54. The first-order chi connectivity index (χ1) is 2.84. The van der Waals surface area contributed by atoms with Crippen molar-refractivity contribution in [2.75, 3.05) is 5.88 Å². The average Bonchev–Trinajstić information content (AvgIpc) is 2.19. The fourth-order valence-corrected chi connectivity index (χ4v) is 0.775. The molecule has 1 saturated heterocycles. The molecular weight excluding hydrogens is 123 g/mol. The Balaban J connectivity index is 2.09. The van der Waals surface area contributed by atoms with Crippen molar-refractivity contribution < 1.29 is 4.74 Å². The first-order valence-electron chi connectivity index (χ1n) is 1.70. The first-order valence-corrected chi connectivity index (χ1v) is 2.67. The molecule has 0 spiro atoms. The molecule has 1 fully saturated rings. The SMILES string of the molecule is ClC[C@H]1O[C@@H]1Cl. The molecule has 0 bridgehead atoms. The molecule has 0 saturated carbocycles. The summed E-state index contributed by atoms with van der Waals surface area (Å²) in [4.78, 5) is 0. The molecule has 0 aromatic carbocycles. The number of halogens is 2. The van der Waals surface area contributed by atoms with Crippen LogP contribution in [0.2, 0.25) is 0 Å². The van der Waals surface area contributed by atoms with Crippen LogP contribution in [0.15, 0.2) is 0 Å². The monoisotopic (exact) mass is 126 g/mol. The van der Waals surface area contributed by atoms with Gasteiger partial charge >= 0.3 is 0 Å². The molecule has 0 aromatic heterocycles. The van der Waals surface area contributed by atoms with Crippen molar-refractivity contribution in [1.82, 2.24) is 0 Å². The van der Waals surface area contributed by atoms with Crippen molar-refractivity contribution in [2.45, 2.75) is 11.7 Å². The normalized spacial score (nSPS) is 43.0. The maximum atomic E-state index is 5.35. The van der Waals surface area contributed by atoms with Gasteiger partial charge in [-0.05, 0) is 0 Å². The van der Waals surface area contributed by atoms with Crippen LogP contribution in [-0.4, -0.2) is 17.5 Å². The van der Waals surface area contributed by atoms with Gasteiger partial charge in [0.15, 0.2) is 5.56 Å². The van der Waals surface area contributed by atoms with E-state index in [1.54, 1.807) is 0 Å². The van der Waals surface area contributed by atoms with Crippen molar-refractivity contribution in [3.8, 4) is 0 Å². The van der Waals surface area contributed by atoms with E-state index in [4.69, 9.17) is 27.9 Å². The van der Waals surface area contributed by atoms with E-state index in [-0.39, 0.29) is 11.7 Å². The molecule has 6 heavy (non-hydrogen) atoms. The van der Waals surface area contributed by atoms with E-state index in [9.17, 15) is 0 Å². The summed E-state index contributed by atoms with van der Waals surface area (Å²) in [5, 5.41) is 0. The smallest absolute Gasteiger partial charge is 0.159 e. The predicted octanol–water partition coefficient (Wildman–Crippen LogP) is 1.19. The highest BCUT2D eigenvalue weighted by molar-refractivity contribution is 6.23. The van der Waals surface area contributed by atoms with Gasteiger partial charge in [-0.1, -0.05) is 11.6 Å². The Morgan fingerprint density at radius 1 is 1.67 bits per heavy atom. The molecule has 3 heteroatoms. The summed E-state index contributed by atoms with van der Waals surface area (Å²) in [5.74, 6) is 0.522. The van der Waals surface area contributed by atoms with E-state index in [0.717, 1.165) is 0 Å². The van der Waals surface area contributed by atoms with Gasteiger partial charge in [0.25, 0.3) is 0 Å². The number of ether oxygens (including phenoxy) is 1. The lowest BCUT2D eigenvalue weighted by atomic mass is 10.6. The quantitative estimate of drug-likeness (QED) is 0.380. The highest BCUT2D eigenvalue weighted by atomic mass is 35.5. The minimum Gasteiger partial charge on any atom is -0.351 e. The number of alkyl halides is 2. The predicted molar refractivity (Wildman–Crippen MR) is 25.2 cm³/mol. The number of epoxide rings is 1. The maximum Gasteiger partial charge on any atom is 0.159 e. The summed E-state index contributed by atoms with van der Waals surface area (Å²) in [6.45, 7) is 0. The molecule has 36 valence electrons.